The van der Waals surface area contributed by atoms with Crippen LogP contribution in [0.25, 0.3) is 16.7 Å². The molecule has 0 saturated heterocycles. The van der Waals surface area contributed by atoms with Crippen LogP contribution in [0, 0.1) is 10.1 Å². The standard InChI is InChI=1S/C21H14N4O3/c26-21(16-10-12-17(13-11-16)25(27)28)14-20(15-6-2-1-3-7-15)24-19-9-5-4-8-18(19)22-23-24/h1-14H/b20-14+. The molecule has 1 aromatic heterocycles. The highest BCUT2D eigenvalue weighted by Gasteiger charge is 2.14. The molecule has 0 atom stereocenters. The summed E-state index contributed by atoms with van der Waals surface area (Å²) in [6, 6.07) is 22.4. The van der Waals surface area contributed by atoms with Crippen LogP contribution in [0.5, 0.6) is 0 Å². The quantitative estimate of drug-likeness (QED) is 0.228. The summed E-state index contributed by atoms with van der Waals surface area (Å²) >= 11 is 0. The van der Waals surface area contributed by atoms with Gasteiger partial charge in [-0.05, 0) is 24.3 Å². The summed E-state index contributed by atoms with van der Waals surface area (Å²) in [6.07, 6.45) is 1.47. The Morgan fingerprint density at radius 2 is 1.57 bits per heavy atom. The van der Waals surface area contributed by atoms with Gasteiger partial charge in [-0.1, -0.05) is 47.7 Å². The van der Waals surface area contributed by atoms with Gasteiger partial charge in [0.15, 0.2) is 5.78 Å². The number of carbonyl (C=O) groups is 1. The lowest BCUT2D eigenvalue weighted by Gasteiger charge is -2.09. The molecule has 28 heavy (non-hydrogen) atoms. The second kappa shape index (κ2) is 7.24. The average Bonchev–Trinajstić information content (AvgIpc) is 3.16. The number of nitro groups is 1. The Morgan fingerprint density at radius 3 is 2.29 bits per heavy atom. The third-order valence-electron chi connectivity index (χ3n) is 4.28. The molecular weight excluding hydrogens is 356 g/mol. The molecule has 0 radical (unpaired) electrons. The first-order valence-electron chi connectivity index (χ1n) is 8.50. The van der Waals surface area contributed by atoms with Crippen LogP contribution in [-0.4, -0.2) is 25.7 Å². The maximum absolute atomic E-state index is 12.8. The van der Waals surface area contributed by atoms with E-state index in [1.807, 2.05) is 54.6 Å². The zero-order valence-electron chi connectivity index (χ0n) is 14.6. The van der Waals surface area contributed by atoms with Crippen LogP contribution in [0.2, 0.25) is 0 Å². The predicted molar refractivity (Wildman–Crippen MR) is 105 cm³/mol. The topological polar surface area (TPSA) is 90.9 Å². The Hall–Kier alpha value is -4.13. The molecule has 0 spiro atoms. The minimum atomic E-state index is -0.499. The monoisotopic (exact) mass is 370 g/mol. The molecule has 0 aliphatic rings. The molecule has 0 saturated carbocycles. The van der Waals surface area contributed by atoms with Crippen LogP contribution < -0.4 is 0 Å². The number of allylic oxidation sites excluding steroid dienone is 1. The third-order valence-corrected chi connectivity index (χ3v) is 4.28. The van der Waals surface area contributed by atoms with Crippen molar-refractivity contribution in [1.29, 1.82) is 0 Å². The second-order valence-electron chi connectivity index (χ2n) is 6.05. The van der Waals surface area contributed by atoms with Crippen molar-refractivity contribution in [2.45, 2.75) is 0 Å². The van der Waals surface area contributed by atoms with Crippen LogP contribution >= 0.6 is 0 Å². The van der Waals surface area contributed by atoms with E-state index in [-0.39, 0.29) is 11.5 Å². The van der Waals surface area contributed by atoms with Crippen LogP contribution in [-0.2, 0) is 0 Å². The molecule has 0 N–H and O–H groups in total. The van der Waals surface area contributed by atoms with Crippen molar-refractivity contribution in [1.82, 2.24) is 15.0 Å². The summed E-state index contributed by atoms with van der Waals surface area (Å²) in [5.41, 5.74) is 3.14. The molecule has 0 aliphatic heterocycles. The van der Waals surface area contributed by atoms with E-state index in [1.165, 1.54) is 30.3 Å². The molecule has 136 valence electrons. The average molecular weight is 370 g/mol. The lowest BCUT2D eigenvalue weighted by atomic mass is 10.1. The predicted octanol–water partition coefficient (Wildman–Crippen LogP) is 4.11. The number of para-hydroxylation sites is 1. The van der Waals surface area contributed by atoms with Crippen LogP contribution in [0.15, 0.2) is 84.9 Å². The van der Waals surface area contributed by atoms with Gasteiger partial charge in [0, 0.05) is 29.3 Å². The molecule has 4 rings (SSSR count). The van der Waals surface area contributed by atoms with Crippen molar-refractivity contribution in [3.05, 3.63) is 106 Å². The summed E-state index contributed by atoms with van der Waals surface area (Å²) in [5, 5.41) is 19.2. The lowest BCUT2D eigenvalue weighted by Crippen LogP contribution is -2.05. The molecular formula is C21H14N4O3. The lowest BCUT2D eigenvalue weighted by molar-refractivity contribution is -0.384. The maximum atomic E-state index is 12.8. The van der Waals surface area contributed by atoms with E-state index >= 15 is 0 Å². The van der Waals surface area contributed by atoms with E-state index in [2.05, 4.69) is 10.3 Å². The van der Waals surface area contributed by atoms with E-state index < -0.39 is 4.92 Å². The van der Waals surface area contributed by atoms with Gasteiger partial charge in [0.2, 0.25) is 0 Å². The molecule has 0 amide bonds. The molecule has 0 bridgehead atoms. The number of hydrogen-bond acceptors (Lipinski definition) is 5. The molecule has 0 aliphatic carbocycles. The molecule has 7 heteroatoms. The van der Waals surface area contributed by atoms with Gasteiger partial charge in [-0.3, -0.25) is 14.9 Å². The Labute approximate surface area is 159 Å². The first-order chi connectivity index (χ1) is 13.6. The van der Waals surface area contributed by atoms with E-state index in [0.29, 0.717) is 16.8 Å². The molecule has 0 unspecified atom stereocenters. The number of rotatable bonds is 5. The van der Waals surface area contributed by atoms with Gasteiger partial charge in [-0.2, -0.15) is 0 Å². The van der Waals surface area contributed by atoms with Crippen molar-refractivity contribution < 1.29 is 9.72 Å². The number of fused-ring (bicyclic) bond motifs is 1. The van der Waals surface area contributed by atoms with Crippen molar-refractivity contribution in [3.63, 3.8) is 0 Å². The largest absolute Gasteiger partial charge is 0.289 e. The Balaban J connectivity index is 1.81. The van der Waals surface area contributed by atoms with E-state index in [1.54, 1.807) is 4.68 Å². The van der Waals surface area contributed by atoms with Crippen molar-refractivity contribution >= 4 is 28.2 Å². The number of nitrogens with zero attached hydrogens (tertiary/aromatic N) is 4. The number of non-ortho nitro benzene ring substituents is 1. The van der Waals surface area contributed by atoms with Gasteiger partial charge in [-0.15, -0.1) is 5.10 Å². The van der Waals surface area contributed by atoms with Gasteiger partial charge >= 0.3 is 0 Å². The SMILES string of the molecule is O=C(/C=C(\c1ccccc1)n1nnc2ccccc21)c1ccc([N+](=O)[O-])cc1. The maximum Gasteiger partial charge on any atom is 0.269 e. The minimum absolute atomic E-state index is 0.0638. The van der Waals surface area contributed by atoms with E-state index in [0.717, 1.165) is 11.1 Å². The summed E-state index contributed by atoms with van der Waals surface area (Å²) in [7, 11) is 0. The van der Waals surface area contributed by atoms with Gasteiger partial charge in [0.1, 0.15) is 5.52 Å². The molecule has 0 fully saturated rings. The number of hydrogen-bond donors (Lipinski definition) is 0. The first-order valence-corrected chi connectivity index (χ1v) is 8.50. The minimum Gasteiger partial charge on any atom is -0.289 e. The van der Waals surface area contributed by atoms with Gasteiger partial charge in [0.05, 0.1) is 16.1 Å². The number of benzene rings is 3. The fraction of sp³-hybridized carbons (Fsp3) is 0. The summed E-state index contributed by atoms with van der Waals surface area (Å²) in [6.45, 7) is 0. The van der Waals surface area contributed by atoms with Crippen molar-refractivity contribution in [3.8, 4) is 0 Å². The van der Waals surface area contributed by atoms with Crippen molar-refractivity contribution in [2.24, 2.45) is 0 Å². The molecule has 4 aromatic rings. The summed E-state index contributed by atoms with van der Waals surface area (Å²) in [4.78, 5) is 23.1. The third kappa shape index (κ3) is 3.28. The van der Waals surface area contributed by atoms with Crippen molar-refractivity contribution in [2.75, 3.05) is 0 Å². The van der Waals surface area contributed by atoms with E-state index in [9.17, 15) is 14.9 Å². The summed E-state index contributed by atoms with van der Waals surface area (Å²) in [5.74, 6) is -0.284. The van der Waals surface area contributed by atoms with Crippen LogP contribution in [0.4, 0.5) is 5.69 Å². The highest BCUT2D eigenvalue weighted by Crippen LogP contribution is 2.22. The fourth-order valence-electron chi connectivity index (χ4n) is 2.88. The summed E-state index contributed by atoms with van der Waals surface area (Å²) < 4.78 is 1.62. The second-order valence-corrected chi connectivity index (χ2v) is 6.05. The van der Waals surface area contributed by atoms with Crippen LogP contribution in [0.1, 0.15) is 15.9 Å². The zero-order chi connectivity index (χ0) is 19.5. The highest BCUT2D eigenvalue weighted by molar-refractivity contribution is 6.09. The van der Waals surface area contributed by atoms with Gasteiger partial charge in [-0.25, -0.2) is 4.68 Å². The Morgan fingerprint density at radius 1 is 0.893 bits per heavy atom. The Kier molecular flexibility index (Phi) is 4.47. The zero-order valence-corrected chi connectivity index (χ0v) is 14.6. The molecule has 3 aromatic carbocycles. The number of ketones is 1. The Bertz CT molecular complexity index is 1200. The fourth-order valence-corrected chi connectivity index (χ4v) is 2.88. The first kappa shape index (κ1) is 17.3. The number of nitro benzene ring substituents is 1. The normalized spacial score (nSPS) is 11.5. The van der Waals surface area contributed by atoms with Crippen LogP contribution in [0.3, 0.4) is 0 Å². The highest BCUT2D eigenvalue weighted by atomic mass is 16.6. The number of carbonyl (C=O) groups excluding carboxylic acids is 1. The molecule has 1 heterocycles. The van der Waals surface area contributed by atoms with Gasteiger partial charge in [0.25, 0.3) is 5.69 Å². The van der Waals surface area contributed by atoms with E-state index in [4.69, 9.17) is 0 Å². The smallest absolute Gasteiger partial charge is 0.269 e. The molecule has 7 nitrogen and oxygen atoms in total. The van der Waals surface area contributed by atoms with Gasteiger partial charge < -0.3 is 0 Å². The number of aromatic nitrogens is 3.